The lowest BCUT2D eigenvalue weighted by molar-refractivity contribution is 0.568. The van der Waals surface area contributed by atoms with E-state index in [1.54, 1.807) is 0 Å². The maximum absolute atomic E-state index is 4.58. The largest absolute Gasteiger partial charge is 0.352 e. The summed E-state index contributed by atoms with van der Waals surface area (Å²) in [5.74, 6) is 1.97. The van der Waals surface area contributed by atoms with Crippen molar-refractivity contribution in [1.29, 1.82) is 0 Å². The molecule has 4 heteroatoms. The molecule has 0 spiro atoms. The topological polar surface area (TPSA) is 41.0 Å². The van der Waals surface area contributed by atoms with E-state index in [0.29, 0.717) is 6.04 Å². The molecule has 0 bridgehead atoms. The Labute approximate surface area is 110 Å². The van der Waals surface area contributed by atoms with Crippen molar-refractivity contribution in [2.75, 3.05) is 24.5 Å². The first-order valence-electron chi connectivity index (χ1n) is 7.00. The van der Waals surface area contributed by atoms with Crippen molar-refractivity contribution < 1.29 is 0 Å². The van der Waals surface area contributed by atoms with Gasteiger partial charge < -0.3 is 10.2 Å². The van der Waals surface area contributed by atoms with Crippen LogP contribution in [-0.2, 0) is 0 Å². The van der Waals surface area contributed by atoms with E-state index in [0.717, 1.165) is 37.0 Å². The Hall–Kier alpha value is -1.16. The Morgan fingerprint density at radius 1 is 1.39 bits per heavy atom. The van der Waals surface area contributed by atoms with E-state index in [1.165, 1.54) is 19.3 Å². The molecule has 100 valence electrons. The van der Waals surface area contributed by atoms with Crippen LogP contribution in [0, 0.1) is 13.8 Å². The second kappa shape index (κ2) is 6.14. The predicted molar refractivity (Wildman–Crippen MR) is 75.0 cm³/mol. The van der Waals surface area contributed by atoms with Crippen molar-refractivity contribution in [3.63, 3.8) is 0 Å². The molecule has 0 saturated carbocycles. The standard InChI is InChI=1S/C14H24N4/c1-4-7-15-10-13-6-5-8-18(13)14-9-11(2)16-12(3)17-14/h9,13,15H,4-8,10H2,1-3H3. The highest BCUT2D eigenvalue weighted by Gasteiger charge is 2.25. The fourth-order valence-electron chi connectivity index (χ4n) is 2.64. The first-order valence-corrected chi connectivity index (χ1v) is 7.00. The van der Waals surface area contributed by atoms with Crippen LogP contribution in [0.2, 0.25) is 0 Å². The van der Waals surface area contributed by atoms with Crippen LogP contribution in [0.3, 0.4) is 0 Å². The second-order valence-electron chi connectivity index (χ2n) is 5.11. The van der Waals surface area contributed by atoms with E-state index in [4.69, 9.17) is 0 Å². The molecular weight excluding hydrogens is 224 g/mol. The molecule has 1 unspecified atom stereocenters. The first-order chi connectivity index (χ1) is 8.70. The highest BCUT2D eigenvalue weighted by Crippen LogP contribution is 2.23. The highest BCUT2D eigenvalue weighted by atomic mass is 15.2. The zero-order valence-electron chi connectivity index (χ0n) is 11.7. The van der Waals surface area contributed by atoms with E-state index < -0.39 is 0 Å². The minimum Gasteiger partial charge on any atom is -0.352 e. The summed E-state index contributed by atoms with van der Waals surface area (Å²) in [4.78, 5) is 11.4. The molecule has 2 heterocycles. The number of anilines is 1. The van der Waals surface area contributed by atoms with Crippen molar-refractivity contribution >= 4 is 5.82 Å². The Bertz CT molecular complexity index is 371. The van der Waals surface area contributed by atoms with Crippen molar-refractivity contribution in [3.8, 4) is 0 Å². The van der Waals surface area contributed by atoms with E-state index >= 15 is 0 Å². The van der Waals surface area contributed by atoms with Crippen LogP contribution in [0.5, 0.6) is 0 Å². The molecule has 0 aliphatic carbocycles. The lowest BCUT2D eigenvalue weighted by atomic mass is 10.2. The fraction of sp³-hybridized carbons (Fsp3) is 0.714. The van der Waals surface area contributed by atoms with Gasteiger partial charge in [-0.2, -0.15) is 0 Å². The van der Waals surface area contributed by atoms with Crippen molar-refractivity contribution in [1.82, 2.24) is 15.3 Å². The number of aryl methyl sites for hydroxylation is 2. The molecule has 0 radical (unpaired) electrons. The molecule has 1 fully saturated rings. The summed E-state index contributed by atoms with van der Waals surface area (Å²) in [5.41, 5.74) is 1.06. The maximum atomic E-state index is 4.58. The monoisotopic (exact) mass is 248 g/mol. The second-order valence-corrected chi connectivity index (χ2v) is 5.11. The smallest absolute Gasteiger partial charge is 0.132 e. The summed E-state index contributed by atoms with van der Waals surface area (Å²) in [7, 11) is 0. The minimum absolute atomic E-state index is 0.588. The predicted octanol–water partition coefficient (Wildman–Crippen LogP) is 2.06. The number of aromatic nitrogens is 2. The molecule has 1 atom stereocenters. The lowest BCUT2D eigenvalue weighted by Crippen LogP contribution is -2.38. The van der Waals surface area contributed by atoms with Crippen LogP contribution >= 0.6 is 0 Å². The Morgan fingerprint density at radius 2 is 2.22 bits per heavy atom. The van der Waals surface area contributed by atoms with Crippen LogP contribution in [0.25, 0.3) is 0 Å². The lowest BCUT2D eigenvalue weighted by Gasteiger charge is -2.26. The van der Waals surface area contributed by atoms with Gasteiger partial charge in [0.25, 0.3) is 0 Å². The summed E-state index contributed by atoms with van der Waals surface area (Å²) in [6.45, 7) is 9.50. The molecule has 1 aromatic rings. The third-order valence-electron chi connectivity index (χ3n) is 3.43. The van der Waals surface area contributed by atoms with Crippen LogP contribution in [-0.4, -0.2) is 35.6 Å². The quantitative estimate of drug-likeness (QED) is 0.810. The van der Waals surface area contributed by atoms with Gasteiger partial charge in [-0.05, 0) is 39.7 Å². The van der Waals surface area contributed by atoms with Crippen LogP contribution < -0.4 is 10.2 Å². The molecule has 18 heavy (non-hydrogen) atoms. The average molecular weight is 248 g/mol. The van der Waals surface area contributed by atoms with E-state index in [2.05, 4.69) is 33.2 Å². The van der Waals surface area contributed by atoms with Crippen LogP contribution in [0.4, 0.5) is 5.82 Å². The van der Waals surface area contributed by atoms with Gasteiger partial charge in [0.05, 0.1) is 0 Å². The van der Waals surface area contributed by atoms with Gasteiger partial charge in [-0.15, -0.1) is 0 Å². The Morgan fingerprint density at radius 3 is 2.94 bits per heavy atom. The minimum atomic E-state index is 0.588. The van der Waals surface area contributed by atoms with Gasteiger partial charge in [0.2, 0.25) is 0 Å². The van der Waals surface area contributed by atoms with Gasteiger partial charge in [-0.3, -0.25) is 0 Å². The average Bonchev–Trinajstić information content (AvgIpc) is 2.76. The molecule has 2 rings (SSSR count). The Kier molecular flexibility index (Phi) is 4.53. The molecule has 1 saturated heterocycles. The molecule has 1 aromatic heterocycles. The highest BCUT2D eigenvalue weighted by molar-refractivity contribution is 5.42. The SMILES string of the molecule is CCCNCC1CCCN1c1cc(C)nc(C)n1. The molecule has 1 aliphatic heterocycles. The Balaban J connectivity index is 2.05. The van der Waals surface area contributed by atoms with E-state index in [9.17, 15) is 0 Å². The third kappa shape index (κ3) is 3.19. The van der Waals surface area contributed by atoms with Gasteiger partial charge in [-0.1, -0.05) is 6.92 Å². The van der Waals surface area contributed by atoms with Crippen molar-refractivity contribution in [3.05, 3.63) is 17.6 Å². The summed E-state index contributed by atoms with van der Waals surface area (Å²) < 4.78 is 0. The molecule has 0 aromatic carbocycles. The number of hydrogen-bond acceptors (Lipinski definition) is 4. The van der Waals surface area contributed by atoms with Crippen LogP contribution in [0.15, 0.2) is 6.07 Å². The van der Waals surface area contributed by atoms with Crippen molar-refractivity contribution in [2.45, 2.75) is 46.1 Å². The number of nitrogens with zero attached hydrogens (tertiary/aromatic N) is 3. The normalized spacial score (nSPS) is 19.5. The van der Waals surface area contributed by atoms with Gasteiger partial charge in [0, 0.05) is 30.9 Å². The molecule has 1 N–H and O–H groups in total. The van der Waals surface area contributed by atoms with E-state index in [1.807, 2.05) is 13.8 Å². The van der Waals surface area contributed by atoms with E-state index in [-0.39, 0.29) is 0 Å². The van der Waals surface area contributed by atoms with Gasteiger partial charge >= 0.3 is 0 Å². The molecule has 0 amide bonds. The van der Waals surface area contributed by atoms with Crippen LogP contribution in [0.1, 0.15) is 37.7 Å². The van der Waals surface area contributed by atoms with Crippen molar-refractivity contribution in [2.24, 2.45) is 0 Å². The molecular formula is C14H24N4. The van der Waals surface area contributed by atoms with Gasteiger partial charge in [0.15, 0.2) is 0 Å². The van der Waals surface area contributed by atoms with Gasteiger partial charge in [0.1, 0.15) is 11.6 Å². The zero-order valence-corrected chi connectivity index (χ0v) is 11.7. The third-order valence-corrected chi connectivity index (χ3v) is 3.43. The molecule has 4 nitrogen and oxygen atoms in total. The summed E-state index contributed by atoms with van der Waals surface area (Å²) in [6.07, 6.45) is 3.72. The zero-order chi connectivity index (χ0) is 13.0. The number of rotatable bonds is 5. The summed E-state index contributed by atoms with van der Waals surface area (Å²) in [5, 5.41) is 3.52. The number of hydrogen-bond donors (Lipinski definition) is 1. The molecule has 1 aliphatic rings. The fourth-order valence-corrected chi connectivity index (χ4v) is 2.64. The summed E-state index contributed by atoms with van der Waals surface area (Å²) >= 11 is 0. The number of nitrogens with one attached hydrogen (secondary N) is 1. The van der Waals surface area contributed by atoms with Gasteiger partial charge in [-0.25, -0.2) is 9.97 Å². The maximum Gasteiger partial charge on any atom is 0.132 e. The summed E-state index contributed by atoms with van der Waals surface area (Å²) in [6, 6.07) is 2.69. The first kappa shape index (κ1) is 13.3.